The van der Waals surface area contributed by atoms with Gasteiger partial charge in [-0.3, -0.25) is 0 Å². The van der Waals surface area contributed by atoms with Gasteiger partial charge in [0, 0.05) is 5.92 Å². The van der Waals surface area contributed by atoms with Crippen molar-refractivity contribution in [3.63, 3.8) is 0 Å². The molecule has 82 valence electrons. The van der Waals surface area contributed by atoms with Crippen LogP contribution in [-0.4, -0.2) is 29.5 Å². The summed E-state index contributed by atoms with van der Waals surface area (Å²) in [5.74, 6) is 0.507. The van der Waals surface area contributed by atoms with Crippen LogP contribution in [0.3, 0.4) is 0 Å². The SMILES string of the molecule is CCCCCN1CCC(C(N)=S)CC1. The molecule has 14 heavy (non-hydrogen) atoms. The van der Waals surface area contributed by atoms with Gasteiger partial charge in [0.25, 0.3) is 0 Å². The highest BCUT2D eigenvalue weighted by atomic mass is 32.1. The standard InChI is InChI=1S/C11H22N2S/c1-2-3-4-7-13-8-5-10(6-9-13)11(12)14/h10H,2-9H2,1H3,(H2,12,14). The summed E-state index contributed by atoms with van der Waals surface area (Å²) in [6, 6.07) is 0. The molecular weight excluding hydrogens is 192 g/mol. The Labute approximate surface area is 92.8 Å². The average molecular weight is 214 g/mol. The topological polar surface area (TPSA) is 29.3 Å². The zero-order valence-corrected chi connectivity index (χ0v) is 9.98. The smallest absolute Gasteiger partial charge is 0.0759 e. The summed E-state index contributed by atoms with van der Waals surface area (Å²) in [7, 11) is 0. The fourth-order valence-electron chi connectivity index (χ4n) is 2.03. The van der Waals surface area contributed by atoms with Crippen molar-refractivity contribution < 1.29 is 0 Å². The van der Waals surface area contributed by atoms with Gasteiger partial charge >= 0.3 is 0 Å². The molecule has 0 atom stereocenters. The van der Waals surface area contributed by atoms with E-state index >= 15 is 0 Å². The van der Waals surface area contributed by atoms with E-state index in [2.05, 4.69) is 11.8 Å². The molecule has 0 aliphatic carbocycles. The van der Waals surface area contributed by atoms with Gasteiger partial charge in [-0.25, -0.2) is 0 Å². The van der Waals surface area contributed by atoms with E-state index in [4.69, 9.17) is 18.0 Å². The Morgan fingerprint density at radius 3 is 2.50 bits per heavy atom. The van der Waals surface area contributed by atoms with Crippen LogP contribution in [0.25, 0.3) is 0 Å². The van der Waals surface area contributed by atoms with Crippen molar-refractivity contribution in [2.24, 2.45) is 11.7 Å². The van der Waals surface area contributed by atoms with Gasteiger partial charge in [0.1, 0.15) is 0 Å². The Kier molecular flexibility index (Phi) is 5.41. The molecule has 0 unspecified atom stereocenters. The molecule has 1 aliphatic rings. The lowest BCUT2D eigenvalue weighted by Gasteiger charge is -2.31. The maximum atomic E-state index is 5.65. The number of hydrogen-bond donors (Lipinski definition) is 1. The van der Waals surface area contributed by atoms with Gasteiger partial charge in [-0.15, -0.1) is 0 Å². The van der Waals surface area contributed by atoms with E-state index in [1.807, 2.05) is 0 Å². The Bertz CT molecular complexity index is 174. The third-order valence-electron chi connectivity index (χ3n) is 3.07. The largest absolute Gasteiger partial charge is 0.393 e. The Hall–Kier alpha value is -0.150. The Morgan fingerprint density at radius 1 is 1.36 bits per heavy atom. The highest BCUT2D eigenvalue weighted by Gasteiger charge is 2.20. The minimum atomic E-state index is 0.507. The zero-order valence-electron chi connectivity index (χ0n) is 9.17. The minimum absolute atomic E-state index is 0.507. The van der Waals surface area contributed by atoms with E-state index < -0.39 is 0 Å². The number of likely N-dealkylation sites (tertiary alicyclic amines) is 1. The van der Waals surface area contributed by atoms with Crippen LogP contribution in [0.5, 0.6) is 0 Å². The van der Waals surface area contributed by atoms with Crippen molar-refractivity contribution in [3.8, 4) is 0 Å². The second-order valence-corrected chi connectivity index (χ2v) is 4.70. The first-order valence-electron chi connectivity index (χ1n) is 5.75. The van der Waals surface area contributed by atoms with Crippen molar-refractivity contribution in [2.75, 3.05) is 19.6 Å². The number of nitrogens with two attached hydrogens (primary N) is 1. The summed E-state index contributed by atoms with van der Waals surface area (Å²) in [5.41, 5.74) is 5.65. The summed E-state index contributed by atoms with van der Waals surface area (Å²) < 4.78 is 0. The van der Waals surface area contributed by atoms with Crippen LogP contribution >= 0.6 is 12.2 Å². The molecule has 1 rings (SSSR count). The van der Waals surface area contributed by atoms with E-state index in [1.165, 1.54) is 51.7 Å². The Morgan fingerprint density at radius 2 is 2.00 bits per heavy atom. The van der Waals surface area contributed by atoms with Crippen LogP contribution in [0.1, 0.15) is 39.0 Å². The van der Waals surface area contributed by atoms with Crippen molar-refractivity contribution in [1.82, 2.24) is 4.90 Å². The van der Waals surface area contributed by atoms with Gasteiger partial charge in [0.15, 0.2) is 0 Å². The second kappa shape index (κ2) is 6.36. The van der Waals surface area contributed by atoms with Gasteiger partial charge in [0.05, 0.1) is 4.99 Å². The molecule has 0 bridgehead atoms. The number of unbranched alkanes of at least 4 members (excludes halogenated alkanes) is 2. The van der Waals surface area contributed by atoms with Crippen molar-refractivity contribution in [2.45, 2.75) is 39.0 Å². The molecule has 1 saturated heterocycles. The number of thiocarbonyl (C=S) groups is 1. The maximum Gasteiger partial charge on any atom is 0.0759 e. The lowest BCUT2D eigenvalue weighted by molar-refractivity contribution is 0.206. The van der Waals surface area contributed by atoms with E-state index in [1.54, 1.807) is 0 Å². The third-order valence-corrected chi connectivity index (χ3v) is 3.40. The van der Waals surface area contributed by atoms with E-state index in [0.717, 1.165) is 4.99 Å². The van der Waals surface area contributed by atoms with Gasteiger partial charge in [0.2, 0.25) is 0 Å². The second-order valence-electron chi connectivity index (χ2n) is 4.23. The lowest BCUT2D eigenvalue weighted by atomic mass is 9.97. The molecule has 0 aromatic carbocycles. The molecule has 0 saturated carbocycles. The number of hydrogen-bond acceptors (Lipinski definition) is 2. The van der Waals surface area contributed by atoms with Crippen molar-refractivity contribution in [1.29, 1.82) is 0 Å². The molecule has 0 aromatic heterocycles. The summed E-state index contributed by atoms with van der Waals surface area (Å²) in [4.78, 5) is 3.27. The first-order valence-corrected chi connectivity index (χ1v) is 6.16. The molecular formula is C11H22N2S. The highest BCUT2D eigenvalue weighted by molar-refractivity contribution is 7.80. The molecule has 0 spiro atoms. The first-order chi connectivity index (χ1) is 6.74. The molecule has 3 heteroatoms. The number of piperidine rings is 1. The number of rotatable bonds is 5. The number of nitrogens with zero attached hydrogens (tertiary/aromatic N) is 1. The molecule has 2 nitrogen and oxygen atoms in total. The Balaban J connectivity index is 2.12. The third kappa shape index (κ3) is 3.93. The highest BCUT2D eigenvalue weighted by Crippen LogP contribution is 2.17. The van der Waals surface area contributed by atoms with Crippen LogP contribution in [0, 0.1) is 5.92 Å². The molecule has 1 heterocycles. The van der Waals surface area contributed by atoms with Gasteiger partial charge in [-0.2, -0.15) is 0 Å². The molecule has 1 aliphatic heterocycles. The van der Waals surface area contributed by atoms with Crippen LogP contribution in [0.4, 0.5) is 0 Å². The predicted molar refractivity (Wildman–Crippen MR) is 65.5 cm³/mol. The van der Waals surface area contributed by atoms with E-state index in [0.29, 0.717) is 5.92 Å². The van der Waals surface area contributed by atoms with Crippen molar-refractivity contribution >= 4 is 17.2 Å². The maximum absolute atomic E-state index is 5.65. The zero-order chi connectivity index (χ0) is 10.4. The summed E-state index contributed by atoms with van der Waals surface area (Å²) in [5, 5.41) is 0. The molecule has 2 N–H and O–H groups in total. The lowest BCUT2D eigenvalue weighted by Crippen LogP contribution is -2.38. The fourth-order valence-corrected chi connectivity index (χ4v) is 2.26. The van der Waals surface area contributed by atoms with Crippen LogP contribution < -0.4 is 5.73 Å². The summed E-state index contributed by atoms with van der Waals surface area (Å²) in [6.45, 7) is 5.88. The summed E-state index contributed by atoms with van der Waals surface area (Å²) in [6.07, 6.45) is 6.34. The normalized spacial score (nSPS) is 19.8. The first kappa shape index (κ1) is 11.9. The molecule has 0 radical (unpaired) electrons. The quantitative estimate of drug-likeness (QED) is 0.562. The molecule has 0 amide bonds. The molecule has 1 fully saturated rings. The summed E-state index contributed by atoms with van der Waals surface area (Å²) >= 11 is 5.02. The monoisotopic (exact) mass is 214 g/mol. The van der Waals surface area contributed by atoms with E-state index in [9.17, 15) is 0 Å². The predicted octanol–water partition coefficient (Wildman–Crippen LogP) is 2.17. The average Bonchev–Trinajstić information content (AvgIpc) is 2.19. The van der Waals surface area contributed by atoms with Crippen LogP contribution in [-0.2, 0) is 0 Å². The van der Waals surface area contributed by atoms with Crippen LogP contribution in [0.15, 0.2) is 0 Å². The molecule has 0 aromatic rings. The van der Waals surface area contributed by atoms with Gasteiger partial charge in [-0.1, -0.05) is 32.0 Å². The fraction of sp³-hybridized carbons (Fsp3) is 0.909. The van der Waals surface area contributed by atoms with Crippen LogP contribution in [0.2, 0.25) is 0 Å². The van der Waals surface area contributed by atoms with E-state index in [-0.39, 0.29) is 0 Å². The van der Waals surface area contributed by atoms with Gasteiger partial charge < -0.3 is 10.6 Å². The minimum Gasteiger partial charge on any atom is -0.393 e. The van der Waals surface area contributed by atoms with Crippen molar-refractivity contribution in [3.05, 3.63) is 0 Å². The van der Waals surface area contributed by atoms with Gasteiger partial charge in [-0.05, 0) is 38.9 Å².